The van der Waals surface area contributed by atoms with E-state index in [-0.39, 0.29) is 0 Å². The summed E-state index contributed by atoms with van der Waals surface area (Å²) in [5.74, 6) is 0.879. The van der Waals surface area contributed by atoms with Crippen molar-refractivity contribution in [2.24, 2.45) is 17.1 Å². The molecule has 1 aromatic carbocycles. The number of anilines is 1. The molecular formula is C17H28N2. The fourth-order valence-corrected chi connectivity index (χ4v) is 3.26. The first-order valence-corrected chi connectivity index (χ1v) is 7.52. The van der Waals surface area contributed by atoms with Crippen molar-refractivity contribution in [3.63, 3.8) is 0 Å². The summed E-state index contributed by atoms with van der Waals surface area (Å²) in [6.45, 7) is 6.42. The highest BCUT2D eigenvalue weighted by Crippen LogP contribution is 2.39. The molecule has 1 fully saturated rings. The largest absolute Gasteiger partial charge is 0.374 e. The Morgan fingerprint density at radius 1 is 1.32 bits per heavy atom. The third-order valence-electron chi connectivity index (χ3n) is 4.78. The summed E-state index contributed by atoms with van der Waals surface area (Å²) in [7, 11) is 2.20. The summed E-state index contributed by atoms with van der Waals surface area (Å²) in [6, 6.07) is 8.75. The van der Waals surface area contributed by atoms with Gasteiger partial charge in [0.05, 0.1) is 0 Å². The van der Waals surface area contributed by atoms with Gasteiger partial charge in [0.1, 0.15) is 0 Å². The molecule has 1 aromatic rings. The van der Waals surface area contributed by atoms with Crippen molar-refractivity contribution < 1.29 is 0 Å². The smallest absolute Gasteiger partial charge is 0.0366 e. The van der Waals surface area contributed by atoms with E-state index in [0.717, 1.165) is 19.0 Å². The third kappa shape index (κ3) is 3.50. The standard InChI is InChI=1S/C17H28N2/c1-14-7-9-17(12-18,10-8-14)13-19(3)16-6-4-5-15(2)11-16/h4-6,11,14H,7-10,12-13,18H2,1-3H3. The predicted molar refractivity (Wildman–Crippen MR) is 83.6 cm³/mol. The molecule has 2 heteroatoms. The van der Waals surface area contributed by atoms with Crippen LogP contribution in [0, 0.1) is 18.3 Å². The highest BCUT2D eigenvalue weighted by molar-refractivity contribution is 5.47. The molecule has 2 N–H and O–H groups in total. The van der Waals surface area contributed by atoms with Gasteiger partial charge in [0, 0.05) is 24.7 Å². The molecule has 0 heterocycles. The fraction of sp³-hybridized carbons (Fsp3) is 0.647. The van der Waals surface area contributed by atoms with Gasteiger partial charge in [-0.1, -0.05) is 31.9 Å². The number of nitrogens with zero attached hydrogens (tertiary/aromatic N) is 1. The molecule has 0 aliphatic heterocycles. The van der Waals surface area contributed by atoms with E-state index in [1.165, 1.54) is 36.9 Å². The van der Waals surface area contributed by atoms with E-state index in [4.69, 9.17) is 5.73 Å². The zero-order valence-electron chi connectivity index (χ0n) is 12.7. The van der Waals surface area contributed by atoms with E-state index < -0.39 is 0 Å². The first-order valence-electron chi connectivity index (χ1n) is 7.52. The molecule has 0 bridgehead atoms. The van der Waals surface area contributed by atoms with E-state index in [1.807, 2.05) is 0 Å². The maximum absolute atomic E-state index is 6.11. The lowest BCUT2D eigenvalue weighted by atomic mass is 9.70. The number of benzene rings is 1. The summed E-state index contributed by atoms with van der Waals surface area (Å²) in [5, 5.41) is 0. The van der Waals surface area contributed by atoms with Crippen LogP contribution in [0.5, 0.6) is 0 Å². The second kappa shape index (κ2) is 5.96. The number of rotatable bonds is 4. The molecular weight excluding hydrogens is 232 g/mol. The molecule has 0 spiro atoms. The molecule has 2 nitrogen and oxygen atoms in total. The van der Waals surface area contributed by atoms with Gasteiger partial charge in [0.25, 0.3) is 0 Å². The van der Waals surface area contributed by atoms with Gasteiger partial charge < -0.3 is 10.6 Å². The number of aryl methyl sites for hydroxylation is 1. The van der Waals surface area contributed by atoms with E-state index in [9.17, 15) is 0 Å². The molecule has 0 amide bonds. The van der Waals surface area contributed by atoms with Crippen LogP contribution in [0.4, 0.5) is 5.69 Å². The minimum Gasteiger partial charge on any atom is -0.374 e. The number of hydrogen-bond donors (Lipinski definition) is 1. The molecule has 1 aliphatic carbocycles. The molecule has 106 valence electrons. The van der Waals surface area contributed by atoms with Crippen LogP contribution in [-0.4, -0.2) is 20.1 Å². The fourth-order valence-electron chi connectivity index (χ4n) is 3.26. The maximum atomic E-state index is 6.11. The quantitative estimate of drug-likeness (QED) is 0.896. The average Bonchev–Trinajstić information content (AvgIpc) is 2.42. The van der Waals surface area contributed by atoms with Crippen molar-refractivity contribution in [3.05, 3.63) is 29.8 Å². The number of hydrogen-bond acceptors (Lipinski definition) is 2. The van der Waals surface area contributed by atoms with Crippen LogP contribution < -0.4 is 10.6 Å². The summed E-state index contributed by atoms with van der Waals surface area (Å²) in [5.41, 5.74) is 9.07. The van der Waals surface area contributed by atoms with Crippen LogP contribution in [0.25, 0.3) is 0 Å². The van der Waals surface area contributed by atoms with Crippen molar-refractivity contribution in [2.45, 2.75) is 39.5 Å². The monoisotopic (exact) mass is 260 g/mol. The lowest BCUT2D eigenvalue weighted by Crippen LogP contribution is -2.43. The van der Waals surface area contributed by atoms with E-state index >= 15 is 0 Å². The minimum atomic E-state index is 0.324. The average molecular weight is 260 g/mol. The van der Waals surface area contributed by atoms with Gasteiger partial charge in [-0.05, 0) is 49.9 Å². The van der Waals surface area contributed by atoms with Gasteiger partial charge in [0.15, 0.2) is 0 Å². The van der Waals surface area contributed by atoms with Crippen LogP contribution in [-0.2, 0) is 0 Å². The highest BCUT2D eigenvalue weighted by Gasteiger charge is 2.34. The van der Waals surface area contributed by atoms with Crippen molar-refractivity contribution in [1.82, 2.24) is 0 Å². The normalized spacial score (nSPS) is 27.3. The van der Waals surface area contributed by atoms with Gasteiger partial charge in [-0.3, -0.25) is 0 Å². The van der Waals surface area contributed by atoms with Gasteiger partial charge in [-0.15, -0.1) is 0 Å². The highest BCUT2D eigenvalue weighted by atomic mass is 15.1. The van der Waals surface area contributed by atoms with E-state index in [2.05, 4.69) is 50.1 Å². The summed E-state index contributed by atoms with van der Waals surface area (Å²) < 4.78 is 0. The first kappa shape index (κ1) is 14.4. The molecule has 0 saturated heterocycles. The van der Waals surface area contributed by atoms with Gasteiger partial charge in [-0.2, -0.15) is 0 Å². The van der Waals surface area contributed by atoms with Crippen LogP contribution in [0.2, 0.25) is 0 Å². The molecule has 0 aromatic heterocycles. The molecule has 1 saturated carbocycles. The lowest BCUT2D eigenvalue weighted by molar-refractivity contribution is 0.171. The zero-order chi connectivity index (χ0) is 13.9. The molecule has 0 unspecified atom stereocenters. The van der Waals surface area contributed by atoms with Crippen molar-refractivity contribution in [1.29, 1.82) is 0 Å². The Labute approximate surface area is 118 Å². The van der Waals surface area contributed by atoms with Crippen molar-refractivity contribution in [3.8, 4) is 0 Å². The van der Waals surface area contributed by atoms with Gasteiger partial charge in [0.2, 0.25) is 0 Å². The van der Waals surface area contributed by atoms with E-state index in [1.54, 1.807) is 0 Å². The Balaban J connectivity index is 2.06. The molecule has 0 radical (unpaired) electrons. The minimum absolute atomic E-state index is 0.324. The van der Waals surface area contributed by atoms with Gasteiger partial charge in [-0.25, -0.2) is 0 Å². The molecule has 19 heavy (non-hydrogen) atoms. The Hall–Kier alpha value is -1.02. The summed E-state index contributed by atoms with van der Waals surface area (Å²) in [6.07, 6.45) is 5.22. The molecule has 2 rings (SSSR count). The Morgan fingerprint density at radius 2 is 2.00 bits per heavy atom. The van der Waals surface area contributed by atoms with Crippen LogP contribution in [0.15, 0.2) is 24.3 Å². The SMILES string of the molecule is Cc1cccc(N(C)CC2(CN)CCC(C)CC2)c1. The maximum Gasteiger partial charge on any atom is 0.0366 e. The van der Waals surface area contributed by atoms with Gasteiger partial charge >= 0.3 is 0 Å². The third-order valence-corrected chi connectivity index (χ3v) is 4.78. The van der Waals surface area contributed by atoms with Crippen LogP contribution >= 0.6 is 0 Å². The van der Waals surface area contributed by atoms with Crippen LogP contribution in [0.3, 0.4) is 0 Å². The zero-order valence-corrected chi connectivity index (χ0v) is 12.7. The Bertz CT molecular complexity index is 405. The second-order valence-electron chi connectivity index (χ2n) is 6.58. The predicted octanol–water partition coefficient (Wildman–Crippen LogP) is 3.59. The summed E-state index contributed by atoms with van der Waals surface area (Å²) in [4.78, 5) is 2.38. The molecule has 0 atom stereocenters. The Morgan fingerprint density at radius 3 is 2.58 bits per heavy atom. The topological polar surface area (TPSA) is 29.3 Å². The first-order chi connectivity index (χ1) is 9.04. The van der Waals surface area contributed by atoms with Crippen molar-refractivity contribution >= 4 is 5.69 Å². The second-order valence-corrected chi connectivity index (χ2v) is 6.58. The van der Waals surface area contributed by atoms with Crippen molar-refractivity contribution in [2.75, 3.05) is 25.0 Å². The number of nitrogens with two attached hydrogens (primary N) is 1. The Kier molecular flexibility index (Phi) is 4.51. The van der Waals surface area contributed by atoms with E-state index in [0.29, 0.717) is 5.41 Å². The summed E-state index contributed by atoms with van der Waals surface area (Å²) >= 11 is 0. The molecule has 1 aliphatic rings. The lowest BCUT2D eigenvalue weighted by Gasteiger charge is -2.41. The van der Waals surface area contributed by atoms with Crippen LogP contribution in [0.1, 0.15) is 38.2 Å².